The molecule has 0 spiro atoms. The maximum atomic E-state index is 5.84. The van der Waals surface area contributed by atoms with Crippen LogP contribution in [-0.4, -0.2) is 13.4 Å². The van der Waals surface area contributed by atoms with Crippen molar-refractivity contribution in [1.29, 1.82) is 0 Å². The Kier molecular flexibility index (Phi) is 5.86. The van der Waals surface area contributed by atoms with Gasteiger partial charge in [0.15, 0.2) is 0 Å². The third-order valence-corrected chi connectivity index (χ3v) is 4.55. The van der Waals surface area contributed by atoms with Crippen molar-refractivity contribution in [3.05, 3.63) is 78.4 Å². The fraction of sp³-hybridized carbons (Fsp3) is 0.143. The van der Waals surface area contributed by atoms with Crippen LogP contribution in [0.4, 0.5) is 5.69 Å². The molecule has 128 valence electrons. The summed E-state index contributed by atoms with van der Waals surface area (Å²) < 4.78 is 11.0. The fourth-order valence-corrected chi connectivity index (χ4v) is 2.78. The second kappa shape index (κ2) is 8.49. The Hall–Kier alpha value is -2.59. The van der Waals surface area contributed by atoms with Crippen LogP contribution in [0, 0.1) is 0 Å². The molecule has 0 heterocycles. The molecule has 0 unspecified atom stereocenters. The van der Waals surface area contributed by atoms with E-state index < -0.39 is 0 Å². The normalized spacial score (nSPS) is 10.3. The SMILES string of the molecule is COc1ccc(Oc2ccc(NCc3ccc(SC)cc3)cc2)cc1. The third-order valence-electron chi connectivity index (χ3n) is 3.81. The van der Waals surface area contributed by atoms with Gasteiger partial charge in [0.05, 0.1) is 7.11 Å². The minimum Gasteiger partial charge on any atom is -0.497 e. The van der Waals surface area contributed by atoms with Gasteiger partial charge in [0.25, 0.3) is 0 Å². The van der Waals surface area contributed by atoms with E-state index in [9.17, 15) is 0 Å². The number of hydrogen-bond donors (Lipinski definition) is 1. The first-order valence-corrected chi connectivity index (χ1v) is 9.28. The molecule has 0 amide bonds. The Bertz CT molecular complexity index is 784. The van der Waals surface area contributed by atoms with Gasteiger partial charge in [0, 0.05) is 17.1 Å². The molecule has 25 heavy (non-hydrogen) atoms. The smallest absolute Gasteiger partial charge is 0.127 e. The molecule has 0 aliphatic heterocycles. The van der Waals surface area contributed by atoms with Gasteiger partial charge in [-0.05, 0) is 72.5 Å². The van der Waals surface area contributed by atoms with E-state index in [0.717, 1.165) is 29.5 Å². The summed E-state index contributed by atoms with van der Waals surface area (Å²) in [4.78, 5) is 1.28. The molecule has 3 aromatic carbocycles. The zero-order valence-corrected chi connectivity index (χ0v) is 15.2. The van der Waals surface area contributed by atoms with Gasteiger partial charge in [-0.15, -0.1) is 11.8 Å². The fourth-order valence-electron chi connectivity index (χ4n) is 2.37. The molecule has 0 radical (unpaired) electrons. The van der Waals surface area contributed by atoms with Crippen molar-refractivity contribution in [2.45, 2.75) is 11.4 Å². The predicted octanol–water partition coefficient (Wildman–Crippen LogP) is 5.82. The summed E-state index contributed by atoms with van der Waals surface area (Å²) in [6.07, 6.45) is 2.09. The summed E-state index contributed by atoms with van der Waals surface area (Å²) in [5, 5.41) is 3.43. The standard InChI is InChI=1S/C21H21NO2S/c1-23-18-9-11-20(12-10-18)24-19-7-5-17(6-8-19)22-15-16-3-13-21(25-2)14-4-16/h3-14,22H,15H2,1-2H3. The van der Waals surface area contributed by atoms with Crippen LogP contribution in [-0.2, 0) is 6.54 Å². The van der Waals surface area contributed by atoms with Gasteiger partial charge < -0.3 is 14.8 Å². The summed E-state index contributed by atoms with van der Waals surface area (Å²) in [6, 6.07) is 24.1. The first kappa shape index (κ1) is 17.2. The molecule has 3 aromatic rings. The maximum absolute atomic E-state index is 5.84. The van der Waals surface area contributed by atoms with Gasteiger partial charge >= 0.3 is 0 Å². The van der Waals surface area contributed by atoms with Crippen LogP contribution in [0.15, 0.2) is 77.7 Å². The van der Waals surface area contributed by atoms with E-state index in [4.69, 9.17) is 9.47 Å². The predicted molar refractivity (Wildman–Crippen MR) is 105 cm³/mol. The van der Waals surface area contributed by atoms with Gasteiger partial charge in [-0.3, -0.25) is 0 Å². The summed E-state index contributed by atoms with van der Waals surface area (Å²) in [7, 11) is 1.65. The van der Waals surface area contributed by atoms with Crippen LogP contribution in [0.5, 0.6) is 17.2 Å². The van der Waals surface area contributed by atoms with Crippen LogP contribution in [0.25, 0.3) is 0 Å². The highest BCUT2D eigenvalue weighted by Gasteiger charge is 2.00. The number of methoxy groups -OCH3 is 1. The van der Waals surface area contributed by atoms with E-state index in [1.54, 1.807) is 18.9 Å². The average molecular weight is 351 g/mol. The van der Waals surface area contributed by atoms with Gasteiger partial charge in [-0.1, -0.05) is 12.1 Å². The van der Waals surface area contributed by atoms with Crippen molar-refractivity contribution in [3.8, 4) is 17.2 Å². The lowest BCUT2D eigenvalue weighted by Crippen LogP contribution is -1.99. The van der Waals surface area contributed by atoms with Crippen molar-refractivity contribution in [2.24, 2.45) is 0 Å². The van der Waals surface area contributed by atoms with Crippen molar-refractivity contribution in [1.82, 2.24) is 0 Å². The molecule has 0 atom stereocenters. The van der Waals surface area contributed by atoms with Crippen LogP contribution in [0.3, 0.4) is 0 Å². The van der Waals surface area contributed by atoms with E-state index in [2.05, 4.69) is 35.8 Å². The topological polar surface area (TPSA) is 30.5 Å². The Balaban J connectivity index is 1.55. The van der Waals surface area contributed by atoms with Crippen LogP contribution < -0.4 is 14.8 Å². The number of benzene rings is 3. The zero-order chi connectivity index (χ0) is 17.5. The lowest BCUT2D eigenvalue weighted by molar-refractivity contribution is 0.413. The highest BCUT2D eigenvalue weighted by molar-refractivity contribution is 7.98. The minimum atomic E-state index is 0.787. The van der Waals surface area contributed by atoms with E-state index in [-0.39, 0.29) is 0 Å². The maximum Gasteiger partial charge on any atom is 0.127 e. The van der Waals surface area contributed by atoms with Gasteiger partial charge in [-0.25, -0.2) is 0 Å². The summed E-state index contributed by atoms with van der Waals surface area (Å²) in [5.74, 6) is 2.41. The van der Waals surface area contributed by atoms with E-state index in [0.29, 0.717) is 0 Å². The first-order valence-electron chi connectivity index (χ1n) is 8.05. The number of hydrogen-bond acceptors (Lipinski definition) is 4. The van der Waals surface area contributed by atoms with Gasteiger partial charge in [0.1, 0.15) is 17.2 Å². The molecule has 3 rings (SSSR count). The Morgan fingerprint density at radius 2 is 1.32 bits per heavy atom. The number of rotatable bonds is 7. The van der Waals surface area contributed by atoms with E-state index in [1.807, 2.05) is 48.5 Å². The first-order chi connectivity index (χ1) is 12.3. The Morgan fingerprint density at radius 3 is 1.88 bits per heavy atom. The monoisotopic (exact) mass is 351 g/mol. The number of thioether (sulfide) groups is 1. The zero-order valence-electron chi connectivity index (χ0n) is 14.4. The van der Waals surface area contributed by atoms with Crippen molar-refractivity contribution in [2.75, 3.05) is 18.7 Å². The molecule has 0 fully saturated rings. The van der Waals surface area contributed by atoms with Crippen molar-refractivity contribution < 1.29 is 9.47 Å². The average Bonchev–Trinajstić information content (AvgIpc) is 2.68. The van der Waals surface area contributed by atoms with E-state index in [1.165, 1.54) is 10.5 Å². The Morgan fingerprint density at radius 1 is 0.760 bits per heavy atom. The highest BCUT2D eigenvalue weighted by Crippen LogP contribution is 2.25. The Labute approximate surface area is 153 Å². The van der Waals surface area contributed by atoms with E-state index >= 15 is 0 Å². The summed E-state index contributed by atoms with van der Waals surface area (Å²) in [5.41, 5.74) is 2.33. The molecule has 0 aliphatic carbocycles. The largest absolute Gasteiger partial charge is 0.497 e. The number of nitrogens with one attached hydrogen (secondary N) is 1. The van der Waals surface area contributed by atoms with Crippen LogP contribution in [0.2, 0.25) is 0 Å². The second-order valence-electron chi connectivity index (χ2n) is 5.50. The van der Waals surface area contributed by atoms with Crippen LogP contribution >= 0.6 is 11.8 Å². The van der Waals surface area contributed by atoms with Gasteiger partial charge in [0.2, 0.25) is 0 Å². The highest BCUT2D eigenvalue weighted by atomic mass is 32.2. The molecule has 1 N–H and O–H groups in total. The molecule has 3 nitrogen and oxygen atoms in total. The molecule has 0 saturated heterocycles. The molecule has 0 bridgehead atoms. The summed E-state index contributed by atoms with van der Waals surface area (Å²) >= 11 is 1.75. The molecule has 4 heteroatoms. The van der Waals surface area contributed by atoms with Crippen molar-refractivity contribution >= 4 is 17.4 Å². The number of anilines is 1. The lowest BCUT2D eigenvalue weighted by atomic mass is 10.2. The molecular formula is C21H21NO2S. The molecule has 0 saturated carbocycles. The quantitative estimate of drug-likeness (QED) is 0.543. The lowest BCUT2D eigenvalue weighted by Gasteiger charge is -2.09. The second-order valence-corrected chi connectivity index (χ2v) is 6.38. The molecule has 0 aromatic heterocycles. The number of ether oxygens (including phenoxy) is 2. The molecule has 0 aliphatic rings. The molecular weight excluding hydrogens is 330 g/mol. The van der Waals surface area contributed by atoms with Gasteiger partial charge in [-0.2, -0.15) is 0 Å². The minimum absolute atomic E-state index is 0.787. The van der Waals surface area contributed by atoms with Crippen molar-refractivity contribution in [3.63, 3.8) is 0 Å². The van der Waals surface area contributed by atoms with Crippen LogP contribution in [0.1, 0.15) is 5.56 Å². The third kappa shape index (κ3) is 4.94. The summed E-state index contributed by atoms with van der Waals surface area (Å²) in [6.45, 7) is 0.799.